The topological polar surface area (TPSA) is 212 Å². The number of rotatable bonds is 24. The molecule has 0 unspecified atom stereocenters. The zero-order chi connectivity index (χ0) is 64.6. The van der Waals surface area contributed by atoms with Gasteiger partial charge >= 0.3 is 0 Å². The van der Waals surface area contributed by atoms with Gasteiger partial charge in [-0.15, -0.1) is 0 Å². The maximum Gasteiger partial charge on any atom is 0.251 e. The first-order valence-corrected chi connectivity index (χ1v) is 30.5. The number of methoxy groups -OCH3 is 1. The van der Waals surface area contributed by atoms with Gasteiger partial charge in [0, 0.05) is 110 Å². The minimum atomic E-state index is -1.80. The van der Waals surface area contributed by atoms with E-state index >= 15 is 13.2 Å². The second-order valence-electron chi connectivity index (χ2n) is 23.4. The number of benzene rings is 6. The fourth-order valence-electron chi connectivity index (χ4n) is 11.9. The molecule has 0 radical (unpaired) electrons. The van der Waals surface area contributed by atoms with Crippen LogP contribution in [-0.2, 0) is 35.7 Å². The third-order valence-electron chi connectivity index (χ3n) is 16.3. The van der Waals surface area contributed by atoms with Gasteiger partial charge in [-0.05, 0) is 88.3 Å². The highest BCUT2D eigenvalue weighted by Crippen LogP contribution is 2.53. The Bertz CT molecular complexity index is 3920. The maximum absolute atomic E-state index is 17.1. The van der Waals surface area contributed by atoms with E-state index in [2.05, 4.69) is 33.6 Å². The second-order valence-corrected chi connectivity index (χ2v) is 24.6. The molecule has 4 N–H and O–H groups in total. The van der Waals surface area contributed by atoms with E-state index in [4.69, 9.17) is 54.0 Å². The number of carbonyl (C=O) groups is 4. The molecule has 23 heteroatoms. The summed E-state index contributed by atoms with van der Waals surface area (Å²) in [6, 6.07) is 25.2. The number of aromatic hydroxyl groups is 1. The molecular weight excluding hydrogens is 1220 g/mol. The van der Waals surface area contributed by atoms with E-state index in [1.54, 1.807) is 36.2 Å². The van der Waals surface area contributed by atoms with E-state index in [-0.39, 0.29) is 131 Å². The molecule has 1 aromatic heterocycles. The van der Waals surface area contributed by atoms with Gasteiger partial charge in [-0.1, -0.05) is 111 Å². The number of nitrogens with one attached hydrogen (secondary N) is 3. The number of hydrogen-bond acceptors (Lipinski definition) is 14. The highest BCUT2D eigenvalue weighted by molar-refractivity contribution is 6.35. The number of hydrogen-bond donors (Lipinski definition) is 4. The number of Topliss-reactive ketones (excluding diaryl/α,β-unsaturated/α-hetero) is 1. The van der Waals surface area contributed by atoms with Crippen LogP contribution in [-0.4, -0.2) is 147 Å². The fourth-order valence-corrected chi connectivity index (χ4v) is 12.5. The van der Waals surface area contributed by atoms with E-state index in [0.29, 0.717) is 65.7 Å². The predicted octanol–water partition coefficient (Wildman–Crippen LogP) is 11.2. The lowest BCUT2D eigenvalue weighted by Gasteiger charge is -2.37. The van der Waals surface area contributed by atoms with Crippen LogP contribution in [0.15, 0.2) is 110 Å². The summed E-state index contributed by atoms with van der Waals surface area (Å²) in [4.78, 5) is 68.2. The molecule has 2 aliphatic heterocycles. The molecule has 2 fully saturated rings. The average molecular weight is 1290 g/mol. The van der Waals surface area contributed by atoms with E-state index in [9.17, 15) is 29.5 Å². The molecule has 4 atom stereocenters. The smallest absolute Gasteiger partial charge is 0.251 e. The summed E-state index contributed by atoms with van der Waals surface area (Å²) in [6.07, 6.45) is 1.34. The number of aromatic nitrogens is 2. The third kappa shape index (κ3) is 14.6. The highest BCUT2D eigenvalue weighted by atomic mass is 35.5. The van der Waals surface area contributed by atoms with Crippen molar-refractivity contribution >= 4 is 91.7 Å². The van der Waals surface area contributed by atoms with Crippen molar-refractivity contribution in [2.24, 2.45) is 5.41 Å². The Labute approximate surface area is 535 Å². The van der Waals surface area contributed by atoms with E-state index < -0.39 is 58.0 Å². The van der Waals surface area contributed by atoms with Crippen LogP contribution in [0.25, 0.3) is 32.8 Å². The molecule has 7 aromatic rings. The SMILES string of the molecule is C=CC(=O)N1CCN(c2nc(NCCC(=O)N(C)CCOCCOCCNC(=O)c3ccc(CC(=O)[C@@H]4N[C@@H](CC(C)(C)C)[C@](C#N)(c5ccc(Cl)cc5F)[C@H]4c4cccc(Cl)c4F)c(OC)c3)nc3c(F)c(-c4cc(O)cc5ccccc45)c(Cl)cc23)CC1. The molecule has 2 aliphatic rings. The summed E-state index contributed by atoms with van der Waals surface area (Å²) in [5.74, 6) is -4.22. The molecule has 6 aromatic carbocycles. The number of likely N-dealkylation sites (N-methyl/N-ethyl adjacent to an activating group) is 1. The highest BCUT2D eigenvalue weighted by Gasteiger charge is 2.61. The number of carbonyl (C=O) groups excluding carboxylic acids is 4. The quantitative estimate of drug-likeness (QED) is 0.0328. The molecule has 3 amide bonds. The zero-order valence-electron chi connectivity index (χ0n) is 50.4. The van der Waals surface area contributed by atoms with Crippen molar-refractivity contribution in [3.8, 4) is 28.7 Å². The lowest BCUT2D eigenvalue weighted by Crippen LogP contribution is -2.48. The van der Waals surface area contributed by atoms with E-state index in [1.165, 1.54) is 60.6 Å². The minimum absolute atomic E-state index is 0.0247. The molecule has 2 saturated heterocycles. The van der Waals surface area contributed by atoms with Crippen LogP contribution in [0.5, 0.6) is 11.5 Å². The van der Waals surface area contributed by atoms with Crippen molar-refractivity contribution in [1.29, 1.82) is 5.26 Å². The largest absolute Gasteiger partial charge is 0.508 e. The molecule has 0 spiro atoms. The van der Waals surface area contributed by atoms with Crippen molar-refractivity contribution < 1.29 is 51.7 Å². The van der Waals surface area contributed by atoms with Gasteiger partial charge in [-0.2, -0.15) is 10.2 Å². The van der Waals surface area contributed by atoms with Crippen molar-refractivity contribution in [1.82, 2.24) is 30.4 Å². The molecule has 0 bridgehead atoms. The fraction of sp³-hybridized carbons (Fsp3) is 0.358. The lowest BCUT2D eigenvalue weighted by molar-refractivity contribution is -0.130. The van der Waals surface area contributed by atoms with Gasteiger partial charge in [-0.25, -0.2) is 18.2 Å². The lowest BCUT2D eigenvalue weighted by atomic mass is 9.62. The van der Waals surface area contributed by atoms with Crippen molar-refractivity contribution in [3.63, 3.8) is 0 Å². The number of phenols is 1. The minimum Gasteiger partial charge on any atom is -0.508 e. The molecular formula is C67H69Cl3F3N9O8. The monoisotopic (exact) mass is 1290 g/mol. The van der Waals surface area contributed by atoms with Crippen molar-refractivity contribution in [2.45, 2.75) is 63.5 Å². The number of phenolic OH excluding ortho intramolecular Hbond substituents is 1. The van der Waals surface area contributed by atoms with Gasteiger partial charge in [0.15, 0.2) is 11.6 Å². The number of ether oxygens (including phenoxy) is 3. The molecule has 0 saturated carbocycles. The summed E-state index contributed by atoms with van der Waals surface area (Å²) in [7, 11) is 3.05. The summed E-state index contributed by atoms with van der Waals surface area (Å²) >= 11 is 19.4. The number of piperazine rings is 1. The number of fused-ring (bicyclic) bond motifs is 2. The van der Waals surface area contributed by atoms with Gasteiger partial charge < -0.3 is 50.0 Å². The van der Waals surface area contributed by atoms with Gasteiger partial charge in [0.05, 0.1) is 55.7 Å². The molecule has 3 heterocycles. The summed E-state index contributed by atoms with van der Waals surface area (Å²) in [5.41, 5.74) is -1.24. The summed E-state index contributed by atoms with van der Waals surface area (Å²) in [5, 5.41) is 32.8. The van der Waals surface area contributed by atoms with E-state index in [1.807, 2.05) is 49.9 Å². The number of anilines is 2. The van der Waals surface area contributed by atoms with Crippen LogP contribution in [0.2, 0.25) is 15.1 Å². The third-order valence-corrected chi connectivity index (χ3v) is 17.1. The van der Waals surface area contributed by atoms with Crippen LogP contribution in [0, 0.1) is 34.2 Å². The molecule has 90 heavy (non-hydrogen) atoms. The first kappa shape index (κ1) is 66.4. The van der Waals surface area contributed by atoms with Crippen molar-refractivity contribution in [3.05, 3.63) is 164 Å². The van der Waals surface area contributed by atoms with Crippen LogP contribution in [0.1, 0.15) is 66.6 Å². The molecule has 472 valence electrons. The number of nitriles is 1. The first-order valence-electron chi connectivity index (χ1n) is 29.3. The first-order chi connectivity index (χ1) is 43.1. The number of ketones is 1. The average Bonchev–Trinajstić information content (AvgIpc) is 1.50. The van der Waals surface area contributed by atoms with Crippen LogP contribution >= 0.6 is 34.8 Å². The summed E-state index contributed by atoms with van der Waals surface area (Å²) in [6.45, 7) is 12.3. The Morgan fingerprint density at radius 3 is 2.33 bits per heavy atom. The molecule has 17 nitrogen and oxygen atoms in total. The van der Waals surface area contributed by atoms with Crippen LogP contribution < -0.4 is 25.6 Å². The van der Waals surface area contributed by atoms with Gasteiger partial charge in [0.1, 0.15) is 39.9 Å². The van der Waals surface area contributed by atoms with Crippen molar-refractivity contribution in [2.75, 3.05) is 96.6 Å². The standard InChI is InChI=1S/C67H69Cl3F3N9O8/c1-7-55(85)81-22-24-82(25-23-81)63-47-36-50(70)57(46-35-43(83)31-39-11-8-9-12-44(39)46)60(73)61(47)78-65(79-63)76-20-19-56(86)80(5)26-28-90-30-29-89-27-21-75-64(87)41-16-15-40(53(33-41)88-6)32-52(84)62-58(45-13-10-14-49(69)59(45)72)67(38-74,54(77-62)37-66(2,3)4)48-18-17-42(68)34-51(48)71/h7-18,31,33-36,54,58,62,77,83H,1,19-30,32,37H2,2-6H3,(H,75,87)(H,76,78,79)/t54-,58-,62-,67-/m0/s1. The normalized spacial score (nSPS) is 17.5. The number of nitrogens with zero attached hydrogens (tertiary/aromatic N) is 6. The van der Waals surface area contributed by atoms with Crippen LogP contribution in [0.4, 0.5) is 24.9 Å². The van der Waals surface area contributed by atoms with Gasteiger partial charge in [-0.3, -0.25) is 19.2 Å². The maximum atomic E-state index is 17.1. The predicted molar refractivity (Wildman–Crippen MR) is 342 cm³/mol. The Balaban J connectivity index is 0.754. The zero-order valence-corrected chi connectivity index (χ0v) is 52.7. The Morgan fingerprint density at radius 2 is 1.62 bits per heavy atom. The Hall–Kier alpha value is -8.03. The Kier molecular flexibility index (Phi) is 21.3. The number of halogens is 6. The molecule has 0 aliphatic carbocycles. The number of amides is 3. The Morgan fingerprint density at radius 1 is 0.878 bits per heavy atom. The summed E-state index contributed by atoms with van der Waals surface area (Å²) < 4.78 is 66.5. The van der Waals surface area contributed by atoms with Gasteiger partial charge in [0.2, 0.25) is 17.8 Å². The van der Waals surface area contributed by atoms with Gasteiger partial charge in [0.25, 0.3) is 5.91 Å². The molecule has 9 rings (SSSR count). The van der Waals surface area contributed by atoms with E-state index in [0.717, 1.165) is 6.07 Å². The van der Waals surface area contributed by atoms with Crippen LogP contribution in [0.3, 0.4) is 0 Å². The second kappa shape index (κ2) is 28.9.